The normalized spacial score (nSPS) is 16.1. The fourth-order valence-corrected chi connectivity index (χ4v) is 2.99. The van der Waals surface area contributed by atoms with Crippen LogP contribution >= 0.6 is 15.9 Å². The van der Waals surface area contributed by atoms with Crippen LogP contribution in [0.25, 0.3) is 0 Å². The third-order valence-corrected chi connectivity index (χ3v) is 4.39. The van der Waals surface area contributed by atoms with Crippen LogP contribution < -0.4 is 10.2 Å². The lowest BCUT2D eigenvalue weighted by molar-refractivity contribution is 0.523. The monoisotopic (exact) mass is 331 g/mol. The Balaban J connectivity index is 1.58. The lowest BCUT2D eigenvalue weighted by Gasteiger charge is -2.33. The van der Waals surface area contributed by atoms with Crippen LogP contribution in [0.3, 0.4) is 0 Å². The van der Waals surface area contributed by atoms with Crippen molar-refractivity contribution in [1.29, 1.82) is 0 Å². The van der Waals surface area contributed by atoms with Gasteiger partial charge < -0.3 is 10.2 Å². The van der Waals surface area contributed by atoms with Crippen LogP contribution in [0.5, 0.6) is 0 Å². The molecule has 1 fully saturated rings. The second-order valence-electron chi connectivity index (χ2n) is 5.07. The van der Waals surface area contributed by atoms with E-state index < -0.39 is 0 Å². The van der Waals surface area contributed by atoms with Crippen LogP contribution in [0.15, 0.2) is 53.1 Å². The average molecular weight is 332 g/mol. The van der Waals surface area contributed by atoms with E-state index in [1.807, 2.05) is 24.4 Å². The molecule has 1 aromatic carbocycles. The molecule has 1 aliphatic heterocycles. The second kappa shape index (κ2) is 6.27. The highest BCUT2D eigenvalue weighted by Gasteiger charge is 2.20. The first-order valence-electron chi connectivity index (χ1n) is 7.00. The fourth-order valence-electron chi connectivity index (χ4n) is 2.59. The van der Waals surface area contributed by atoms with Crippen molar-refractivity contribution < 1.29 is 0 Å². The van der Waals surface area contributed by atoms with E-state index in [0.717, 1.165) is 36.2 Å². The fraction of sp³-hybridized carbons (Fsp3) is 0.312. The second-order valence-corrected chi connectivity index (χ2v) is 5.93. The molecule has 0 spiro atoms. The summed E-state index contributed by atoms with van der Waals surface area (Å²) < 4.78 is 1.13. The van der Waals surface area contributed by atoms with Gasteiger partial charge in [-0.15, -0.1) is 0 Å². The Kier molecular flexibility index (Phi) is 4.21. The smallest absolute Gasteiger partial charge is 0.128 e. The van der Waals surface area contributed by atoms with Gasteiger partial charge in [0.2, 0.25) is 0 Å². The molecule has 1 N–H and O–H groups in total. The summed E-state index contributed by atoms with van der Waals surface area (Å²) >= 11 is 3.59. The number of pyridine rings is 1. The first-order chi connectivity index (χ1) is 9.83. The van der Waals surface area contributed by atoms with Crippen molar-refractivity contribution in [2.45, 2.75) is 18.9 Å². The Morgan fingerprint density at radius 1 is 1.05 bits per heavy atom. The van der Waals surface area contributed by atoms with E-state index in [-0.39, 0.29) is 0 Å². The average Bonchev–Trinajstić information content (AvgIpc) is 2.51. The molecule has 0 unspecified atom stereocenters. The van der Waals surface area contributed by atoms with Crippen LogP contribution in [-0.2, 0) is 0 Å². The summed E-state index contributed by atoms with van der Waals surface area (Å²) in [7, 11) is 0. The van der Waals surface area contributed by atoms with E-state index in [1.165, 1.54) is 5.69 Å². The molecule has 0 saturated carbocycles. The number of anilines is 2. The number of rotatable bonds is 3. The largest absolute Gasteiger partial charge is 0.381 e. The third-order valence-electron chi connectivity index (χ3n) is 3.70. The minimum Gasteiger partial charge on any atom is -0.381 e. The van der Waals surface area contributed by atoms with Crippen molar-refractivity contribution in [2.24, 2.45) is 0 Å². The number of halogens is 1. The third kappa shape index (κ3) is 3.12. The first-order valence-corrected chi connectivity index (χ1v) is 7.79. The van der Waals surface area contributed by atoms with Crippen molar-refractivity contribution in [3.63, 3.8) is 0 Å². The number of hydrogen-bond acceptors (Lipinski definition) is 3. The molecule has 2 heterocycles. The molecular weight excluding hydrogens is 314 g/mol. The lowest BCUT2D eigenvalue weighted by Crippen LogP contribution is -2.39. The van der Waals surface area contributed by atoms with Gasteiger partial charge in [0.1, 0.15) is 5.82 Å². The quantitative estimate of drug-likeness (QED) is 0.923. The molecule has 2 aromatic rings. The van der Waals surface area contributed by atoms with Gasteiger partial charge in [-0.3, -0.25) is 0 Å². The van der Waals surface area contributed by atoms with Crippen molar-refractivity contribution >= 4 is 27.4 Å². The van der Waals surface area contributed by atoms with Crippen molar-refractivity contribution in [3.8, 4) is 0 Å². The molecule has 0 atom stereocenters. The maximum atomic E-state index is 4.42. The van der Waals surface area contributed by atoms with Gasteiger partial charge >= 0.3 is 0 Å². The number of piperidine rings is 1. The van der Waals surface area contributed by atoms with Crippen molar-refractivity contribution in [1.82, 2.24) is 4.98 Å². The summed E-state index contributed by atoms with van der Waals surface area (Å²) in [6.07, 6.45) is 4.14. The number of benzene rings is 1. The number of nitrogens with zero attached hydrogens (tertiary/aromatic N) is 2. The van der Waals surface area contributed by atoms with Gasteiger partial charge in [0.25, 0.3) is 0 Å². The Labute approximate surface area is 128 Å². The van der Waals surface area contributed by atoms with Gasteiger partial charge in [-0.1, -0.05) is 18.2 Å². The predicted molar refractivity (Wildman–Crippen MR) is 87.2 cm³/mol. The molecule has 20 heavy (non-hydrogen) atoms. The zero-order valence-corrected chi connectivity index (χ0v) is 12.9. The highest BCUT2D eigenvalue weighted by atomic mass is 79.9. The van der Waals surface area contributed by atoms with E-state index in [0.29, 0.717) is 6.04 Å². The van der Waals surface area contributed by atoms with Crippen LogP contribution in [0.2, 0.25) is 0 Å². The molecule has 1 saturated heterocycles. The summed E-state index contributed by atoms with van der Waals surface area (Å²) in [5.74, 6) is 1.09. The summed E-state index contributed by atoms with van der Waals surface area (Å²) in [6, 6.07) is 14.9. The molecule has 4 heteroatoms. The maximum absolute atomic E-state index is 4.42. The van der Waals surface area contributed by atoms with E-state index >= 15 is 0 Å². The van der Waals surface area contributed by atoms with Crippen molar-refractivity contribution in [2.75, 3.05) is 23.3 Å². The molecule has 0 aliphatic carbocycles. The summed E-state index contributed by atoms with van der Waals surface area (Å²) in [4.78, 5) is 6.78. The Hall–Kier alpha value is -1.55. The standard InChI is InChI=1S/C16H18BrN3/c17-14-5-1-2-6-15(14)19-13-8-11-20(12-9-13)16-7-3-4-10-18-16/h1-7,10,13,19H,8-9,11-12H2. The summed E-state index contributed by atoms with van der Waals surface area (Å²) in [6.45, 7) is 2.11. The zero-order valence-electron chi connectivity index (χ0n) is 11.3. The maximum Gasteiger partial charge on any atom is 0.128 e. The Morgan fingerprint density at radius 3 is 2.50 bits per heavy atom. The number of nitrogens with one attached hydrogen (secondary N) is 1. The molecular formula is C16H18BrN3. The highest BCUT2D eigenvalue weighted by molar-refractivity contribution is 9.10. The van der Waals surface area contributed by atoms with Crippen LogP contribution in [0.1, 0.15) is 12.8 Å². The van der Waals surface area contributed by atoms with Crippen LogP contribution in [0, 0.1) is 0 Å². The molecule has 0 bridgehead atoms. The van der Waals surface area contributed by atoms with Gasteiger partial charge in [0.15, 0.2) is 0 Å². The minimum absolute atomic E-state index is 0.536. The predicted octanol–water partition coefficient (Wildman–Crippen LogP) is 3.93. The molecule has 3 nitrogen and oxygen atoms in total. The summed E-state index contributed by atoms with van der Waals surface area (Å²) in [5, 5.41) is 3.63. The van der Waals surface area contributed by atoms with Gasteiger partial charge in [0.05, 0.1) is 0 Å². The van der Waals surface area contributed by atoms with E-state index in [9.17, 15) is 0 Å². The lowest BCUT2D eigenvalue weighted by atomic mass is 10.0. The number of para-hydroxylation sites is 1. The Morgan fingerprint density at radius 2 is 1.80 bits per heavy atom. The molecule has 1 aromatic heterocycles. The Bertz CT molecular complexity index is 551. The summed E-state index contributed by atoms with van der Waals surface area (Å²) in [5.41, 5.74) is 1.18. The van der Waals surface area contributed by atoms with Gasteiger partial charge in [-0.05, 0) is 53.0 Å². The van der Waals surface area contributed by atoms with Gasteiger partial charge in [0, 0.05) is 35.5 Å². The van der Waals surface area contributed by atoms with E-state index in [4.69, 9.17) is 0 Å². The SMILES string of the molecule is Brc1ccccc1NC1CCN(c2ccccn2)CC1. The first kappa shape index (κ1) is 13.4. The van der Waals surface area contributed by atoms with E-state index in [1.54, 1.807) is 0 Å². The molecule has 104 valence electrons. The topological polar surface area (TPSA) is 28.2 Å². The van der Waals surface area contributed by atoms with Crippen molar-refractivity contribution in [3.05, 3.63) is 53.1 Å². The molecule has 1 aliphatic rings. The minimum atomic E-state index is 0.536. The number of hydrogen-bond donors (Lipinski definition) is 1. The molecule has 0 amide bonds. The van der Waals surface area contributed by atoms with Crippen LogP contribution in [-0.4, -0.2) is 24.1 Å². The van der Waals surface area contributed by atoms with E-state index in [2.05, 4.69) is 55.4 Å². The van der Waals surface area contributed by atoms with Gasteiger partial charge in [-0.25, -0.2) is 4.98 Å². The van der Waals surface area contributed by atoms with Gasteiger partial charge in [-0.2, -0.15) is 0 Å². The number of aromatic nitrogens is 1. The molecule has 0 radical (unpaired) electrons. The molecule has 3 rings (SSSR count). The highest BCUT2D eigenvalue weighted by Crippen LogP contribution is 2.25. The zero-order chi connectivity index (χ0) is 13.8. The van der Waals surface area contributed by atoms with Crippen LogP contribution in [0.4, 0.5) is 11.5 Å².